The zero-order valence-electron chi connectivity index (χ0n) is 8.35. The lowest BCUT2D eigenvalue weighted by Gasteiger charge is -2.19. The van der Waals surface area contributed by atoms with E-state index in [0.717, 1.165) is 12.1 Å². The molecule has 88 valence electrons. The van der Waals surface area contributed by atoms with E-state index in [2.05, 4.69) is 0 Å². The first-order valence-corrected chi connectivity index (χ1v) is 4.32. The Labute approximate surface area is 90.1 Å². The first-order chi connectivity index (χ1) is 7.39. The molecule has 1 atom stereocenters. The molecule has 1 rings (SSSR count). The molecule has 0 unspecified atom stereocenters. The molecule has 6 heteroatoms. The average Bonchev–Trinajstić information content (AvgIpc) is 2.28. The van der Waals surface area contributed by atoms with Crippen LogP contribution in [0.2, 0.25) is 0 Å². The van der Waals surface area contributed by atoms with Gasteiger partial charge < -0.3 is 14.9 Å². The number of aliphatic hydroxyl groups excluding tert-OH is 1. The molecule has 0 bridgehead atoms. The van der Waals surface area contributed by atoms with Gasteiger partial charge in [-0.3, -0.25) is 0 Å². The van der Waals surface area contributed by atoms with Crippen molar-refractivity contribution in [1.29, 1.82) is 0 Å². The van der Waals surface area contributed by atoms with E-state index < -0.39 is 23.6 Å². The van der Waals surface area contributed by atoms with Crippen LogP contribution in [0.3, 0.4) is 0 Å². The van der Waals surface area contributed by atoms with Crippen LogP contribution in [0.25, 0.3) is 0 Å². The van der Waals surface area contributed by atoms with Gasteiger partial charge in [0.05, 0.1) is 7.11 Å². The Morgan fingerprint density at radius 3 is 2.25 bits per heavy atom. The summed E-state index contributed by atoms with van der Waals surface area (Å²) in [6.45, 7) is 0. The maximum Gasteiger partial charge on any atom is 0.339 e. The molecule has 2 N–H and O–H groups in total. The number of hydrogen-bond donors (Lipinski definition) is 2. The number of halogens is 2. The Morgan fingerprint density at radius 1 is 1.38 bits per heavy atom. The summed E-state index contributed by atoms with van der Waals surface area (Å²) in [6.07, 6.45) is -2.76. The second-order valence-electron chi connectivity index (χ2n) is 3.09. The maximum atomic E-state index is 13.4. The zero-order valence-corrected chi connectivity index (χ0v) is 8.35. The predicted molar refractivity (Wildman–Crippen MR) is 50.5 cm³/mol. The fourth-order valence-corrected chi connectivity index (χ4v) is 1.13. The molecule has 0 aliphatic carbocycles. The molecule has 0 heterocycles. The minimum Gasteiger partial charge on any atom is -0.497 e. The van der Waals surface area contributed by atoms with E-state index in [1.807, 2.05) is 0 Å². The summed E-state index contributed by atoms with van der Waals surface area (Å²) >= 11 is 0. The quantitative estimate of drug-likeness (QED) is 0.819. The van der Waals surface area contributed by atoms with Crippen LogP contribution in [-0.2, 0) is 10.7 Å². The van der Waals surface area contributed by atoms with Crippen LogP contribution in [0.1, 0.15) is 5.56 Å². The minimum absolute atomic E-state index is 0.365. The molecule has 0 saturated carbocycles. The Bertz CT molecular complexity index is 375. The van der Waals surface area contributed by atoms with Crippen molar-refractivity contribution in [2.75, 3.05) is 7.11 Å². The van der Waals surface area contributed by atoms with E-state index in [-0.39, 0.29) is 0 Å². The summed E-state index contributed by atoms with van der Waals surface area (Å²) in [5.41, 5.74) is -0.580. The van der Waals surface area contributed by atoms with Gasteiger partial charge in [-0.25, -0.2) is 4.79 Å². The third-order valence-electron chi connectivity index (χ3n) is 2.05. The highest BCUT2D eigenvalue weighted by Gasteiger charge is 2.45. The number of rotatable bonds is 4. The van der Waals surface area contributed by atoms with Gasteiger partial charge in [0, 0.05) is 5.56 Å². The third kappa shape index (κ3) is 2.27. The second-order valence-corrected chi connectivity index (χ2v) is 3.09. The standard InChI is InChI=1S/C10H10F2O4/c1-16-7-4-2-6(3-5-7)10(11,12)8(13)9(14)15/h2-5,8,13H,1H3,(H,14,15)/t8-/m1/s1. The van der Waals surface area contributed by atoms with E-state index in [0.29, 0.717) is 5.75 Å². The fraction of sp³-hybridized carbons (Fsp3) is 0.300. The highest BCUT2D eigenvalue weighted by atomic mass is 19.3. The van der Waals surface area contributed by atoms with Crippen molar-refractivity contribution >= 4 is 5.97 Å². The zero-order chi connectivity index (χ0) is 12.3. The predicted octanol–water partition coefficient (Wildman–Crippen LogP) is 1.23. The SMILES string of the molecule is COc1ccc(C(F)(F)[C@H](O)C(=O)O)cc1. The number of carbonyl (C=O) groups is 1. The van der Waals surface area contributed by atoms with Gasteiger partial charge in [-0.2, -0.15) is 8.78 Å². The second kappa shape index (κ2) is 4.44. The number of methoxy groups -OCH3 is 1. The molecule has 0 spiro atoms. The molecule has 1 aromatic rings. The monoisotopic (exact) mass is 232 g/mol. The number of carboxylic acid groups (broad SMARTS) is 1. The van der Waals surface area contributed by atoms with Crippen molar-refractivity contribution in [2.24, 2.45) is 0 Å². The normalized spacial score (nSPS) is 13.2. The Kier molecular flexibility index (Phi) is 3.44. The van der Waals surface area contributed by atoms with Gasteiger partial charge in [0.25, 0.3) is 0 Å². The van der Waals surface area contributed by atoms with Crippen molar-refractivity contribution < 1.29 is 28.5 Å². The van der Waals surface area contributed by atoms with Crippen molar-refractivity contribution in [1.82, 2.24) is 0 Å². The van der Waals surface area contributed by atoms with Crippen LogP contribution < -0.4 is 4.74 Å². The number of benzene rings is 1. The molecule has 1 aromatic carbocycles. The van der Waals surface area contributed by atoms with Crippen LogP contribution in [0.5, 0.6) is 5.75 Å². The number of aliphatic hydroxyl groups is 1. The van der Waals surface area contributed by atoms with Crippen LogP contribution in [0.4, 0.5) is 8.78 Å². The van der Waals surface area contributed by atoms with Crippen LogP contribution in [0.15, 0.2) is 24.3 Å². The van der Waals surface area contributed by atoms with Crippen molar-refractivity contribution in [3.05, 3.63) is 29.8 Å². The Hall–Kier alpha value is -1.69. The van der Waals surface area contributed by atoms with Crippen molar-refractivity contribution in [2.45, 2.75) is 12.0 Å². The number of carboxylic acids is 1. The number of ether oxygens (including phenoxy) is 1. The molecule has 0 aliphatic rings. The van der Waals surface area contributed by atoms with E-state index in [9.17, 15) is 13.6 Å². The highest BCUT2D eigenvalue weighted by molar-refractivity contribution is 5.73. The van der Waals surface area contributed by atoms with E-state index in [1.54, 1.807) is 0 Å². The van der Waals surface area contributed by atoms with Gasteiger partial charge in [0.15, 0.2) is 0 Å². The number of hydrogen-bond acceptors (Lipinski definition) is 3. The molecule has 0 fully saturated rings. The topological polar surface area (TPSA) is 66.8 Å². The molecule has 0 saturated heterocycles. The molecular weight excluding hydrogens is 222 g/mol. The lowest BCUT2D eigenvalue weighted by molar-refractivity contribution is -0.173. The van der Waals surface area contributed by atoms with E-state index in [1.165, 1.54) is 19.2 Å². The third-order valence-corrected chi connectivity index (χ3v) is 2.05. The lowest BCUT2D eigenvalue weighted by atomic mass is 10.0. The molecule has 0 aliphatic heterocycles. The minimum atomic E-state index is -3.84. The van der Waals surface area contributed by atoms with E-state index in [4.69, 9.17) is 14.9 Å². The molecule has 0 radical (unpaired) electrons. The smallest absolute Gasteiger partial charge is 0.339 e. The summed E-state index contributed by atoms with van der Waals surface area (Å²) in [6, 6.07) is 4.53. The molecular formula is C10H10F2O4. The summed E-state index contributed by atoms with van der Waals surface area (Å²) in [4.78, 5) is 10.3. The van der Waals surface area contributed by atoms with Gasteiger partial charge in [0.1, 0.15) is 5.75 Å². The van der Waals surface area contributed by atoms with Gasteiger partial charge in [-0.05, 0) is 24.3 Å². The summed E-state index contributed by atoms with van der Waals surface area (Å²) in [5.74, 6) is -5.44. The molecule has 16 heavy (non-hydrogen) atoms. The van der Waals surface area contributed by atoms with Crippen molar-refractivity contribution in [3.63, 3.8) is 0 Å². The number of aliphatic carboxylic acids is 1. The summed E-state index contributed by atoms with van der Waals surface area (Å²) in [7, 11) is 1.37. The Morgan fingerprint density at radius 2 is 1.88 bits per heavy atom. The maximum absolute atomic E-state index is 13.4. The van der Waals surface area contributed by atoms with Gasteiger partial charge in [-0.15, -0.1) is 0 Å². The number of alkyl halides is 2. The van der Waals surface area contributed by atoms with E-state index >= 15 is 0 Å². The lowest BCUT2D eigenvalue weighted by Crippen LogP contribution is -2.37. The molecule has 0 aromatic heterocycles. The fourth-order valence-electron chi connectivity index (χ4n) is 1.13. The van der Waals surface area contributed by atoms with Crippen LogP contribution >= 0.6 is 0 Å². The van der Waals surface area contributed by atoms with Crippen LogP contribution in [-0.4, -0.2) is 29.4 Å². The van der Waals surface area contributed by atoms with Crippen molar-refractivity contribution in [3.8, 4) is 5.75 Å². The largest absolute Gasteiger partial charge is 0.497 e. The van der Waals surface area contributed by atoms with Gasteiger partial charge in [0.2, 0.25) is 6.10 Å². The van der Waals surface area contributed by atoms with Crippen LogP contribution in [0, 0.1) is 0 Å². The average molecular weight is 232 g/mol. The molecule has 0 amide bonds. The summed E-state index contributed by atoms with van der Waals surface area (Å²) in [5, 5.41) is 17.2. The summed E-state index contributed by atoms with van der Waals surface area (Å²) < 4.78 is 31.5. The Balaban J connectivity index is 3.02. The molecule has 4 nitrogen and oxygen atoms in total. The van der Waals surface area contributed by atoms with Gasteiger partial charge in [-0.1, -0.05) is 0 Å². The first kappa shape index (κ1) is 12.4. The highest BCUT2D eigenvalue weighted by Crippen LogP contribution is 2.32. The first-order valence-electron chi connectivity index (χ1n) is 4.32. The van der Waals surface area contributed by atoms with Gasteiger partial charge >= 0.3 is 11.9 Å².